The van der Waals surface area contributed by atoms with E-state index in [-0.39, 0.29) is 17.7 Å². The van der Waals surface area contributed by atoms with E-state index in [4.69, 9.17) is 0 Å². The topological polar surface area (TPSA) is 66.5 Å². The highest BCUT2D eigenvalue weighted by atomic mass is 16.2. The molecule has 1 saturated carbocycles. The molecule has 2 heterocycles. The number of nitrogens with one attached hydrogen (secondary N) is 1. The van der Waals surface area contributed by atoms with E-state index >= 15 is 0 Å². The van der Waals surface area contributed by atoms with E-state index in [1.54, 1.807) is 0 Å². The molecule has 4 rings (SSSR count). The van der Waals surface area contributed by atoms with Gasteiger partial charge in [0.25, 0.3) is 0 Å². The van der Waals surface area contributed by atoms with Crippen molar-refractivity contribution < 1.29 is 14.4 Å². The van der Waals surface area contributed by atoms with Crippen molar-refractivity contribution in [3.05, 3.63) is 29.8 Å². The standard InChI is InChI=1S/C20H24N2O3/c23-13-14-11-20(12-14)7-9-22(10-8-20)16-3-1-15(2-4-16)17-5-6-18(24)21-19(17)25/h1-4,13-14,17H,5-12H2,(H,21,24,25). The molecule has 1 aromatic rings. The summed E-state index contributed by atoms with van der Waals surface area (Å²) in [6, 6.07) is 8.22. The molecule has 5 nitrogen and oxygen atoms in total. The highest BCUT2D eigenvalue weighted by molar-refractivity contribution is 6.00. The summed E-state index contributed by atoms with van der Waals surface area (Å²) in [7, 11) is 0. The van der Waals surface area contributed by atoms with E-state index in [0.29, 0.717) is 24.2 Å². The van der Waals surface area contributed by atoms with Gasteiger partial charge in [-0.15, -0.1) is 0 Å². The largest absolute Gasteiger partial charge is 0.371 e. The van der Waals surface area contributed by atoms with Gasteiger partial charge in [0.15, 0.2) is 0 Å². The van der Waals surface area contributed by atoms with Gasteiger partial charge in [-0.25, -0.2) is 0 Å². The van der Waals surface area contributed by atoms with Crippen LogP contribution in [0.15, 0.2) is 24.3 Å². The zero-order chi connectivity index (χ0) is 17.4. The Bertz CT molecular complexity index is 681. The predicted octanol–water partition coefficient (Wildman–Crippen LogP) is 2.40. The van der Waals surface area contributed by atoms with Gasteiger partial charge in [0.2, 0.25) is 11.8 Å². The fourth-order valence-corrected chi connectivity index (χ4v) is 4.73. The molecule has 1 aliphatic carbocycles. The quantitative estimate of drug-likeness (QED) is 0.678. The molecule has 0 bridgehead atoms. The zero-order valence-electron chi connectivity index (χ0n) is 14.4. The number of amides is 2. The first-order valence-corrected chi connectivity index (χ1v) is 9.22. The molecule has 1 unspecified atom stereocenters. The first-order valence-electron chi connectivity index (χ1n) is 9.22. The number of hydrogen-bond acceptors (Lipinski definition) is 4. The van der Waals surface area contributed by atoms with Crippen molar-refractivity contribution in [2.45, 2.75) is 44.4 Å². The highest BCUT2D eigenvalue weighted by Gasteiger charge is 2.45. The maximum Gasteiger partial charge on any atom is 0.234 e. The number of piperidine rings is 2. The minimum atomic E-state index is -0.216. The highest BCUT2D eigenvalue weighted by Crippen LogP contribution is 2.52. The van der Waals surface area contributed by atoms with Crippen LogP contribution < -0.4 is 10.2 Å². The fourth-order valence-electron chi connectivity index (χ4n) is 4.73. The number of benzene rings is 1. The van der Waals surface area contributed by atoms with E-state index < -0.39 is 0 Å². The molecule has 1 aromatic carbocycles. The Labute approximate surface area is 147 Å². The molecule has 3 fully saturated rings. The first kappa shape index (κ1) is 16.3. The lowest BCUT2D eigenvalue weighted by molar-refractivity contribution is -0.134. The molecule has 2 aliphatic heterocycles. The summed E-state index contributed by atoms with van der Waals surface area (Å²) < 4.78 is 0. The van der Waals surface area contributed by atoms with E-state index in [0.717, 1.165) is 50.6 Å². The number of carbonyl (C=O) groups is 3. The van der Waals surface area contributed by atoms with Gasteiger partial charge in [-0.05, 0) is 55.2 Å². The Balaban J connectivity index is 1.37. The van der Waals surface area contributed by atoms with E-state index in [9.17, 15) is 14.4 Å². The molecule has 5 heteroatoms. The van der Waals surface area contributed by atoms with Crippen LogP contribution in [0.4, 0.5) is 5.69 Å². The number of hydrogen-bond donors (Lipinski definition) is 1. The molecule has 2 saturated heterocycles. The van der Waals surface area contributed by atoms with Gasteiger partial charge in [-0.1, -0.05) is 12.1 Å². The molecule has 1 atom stereocenters. The van der Waals surface area contributed by atoms with Crippen molar-refractivity contribution >= 4 is 23.8 Å². The number of nitrogens with zero attached hydrogens (tertiary/aromatic N) is 1. The average Bonchev–Trinajstić information content (AvgIpc) is 2.60. The van der Waals surface area contributed by atoms with Gasteiger partial charge in [0, 0.05) is 31.1 Å². The van der Waals surface area contributed by atoms with Gasteiger partial charge >= 0.3 is 0 Å². The van der Waals surface area contributed by atoms with Crippen LogP contribution in [0, 0.1) is 11.3 Å². The van der Waals surface area contributed by atoms with Crippen LogP contribution in [-0.4, -0.2) is 31.2 Å². The average molecular weight is 340 g/mol. The Morgan fingerprint density at radius 1 is 1.08 bits per heavy atom. The molecule has 0 radical (unpaired) electrons. The van der Waals surface area contributed by atoms with E-state index in [1.807, 2.05) is 12.1 Å². The van der Waals surface area contributed by atoms with E-state index in [1.165, 1.54) is 5.69 Å². The molecule has 132 valence electrons. The summed E-state index contributed by atoms with van der Waals surface area (Å²) in [5, 5.41) is 2.42. The molecule has 3 aliphatic rings. The lowest BCUT2D eigenvalue weighted by atomic mass is 9.58. The predicted molar refractivity (Wildman–Crippen MR) is 94.2 cm³/mol. The second kappa shape index (κ2) is 6.28. The fraction of sp³-hybridized carbons (Fsp3) is 0.550. The van der Waals surface area contributed by atoms with Crippen molar-refractivity contribution in [2.24, 2.45) is 11.3 Å². The van der Waals surface area contributed by atoms with Crippen molar-refractivity contribution in [1.29, 1.82) is 0 Å². The minimum Gasteiger partial charge on any atom is -0.371 e. The third-order valence-electron chi connectivity index (χ3n) is 6.31. The number of imide groups is 1. The second-order valence-corrected chi connectivity index (χ2v) is 7.89. The summed E-state index contributed by atoms with van der Waals surface area (Å²) in [6.45, 7) is 2.06. The lowest BCUT2D eigenvalue weighted by Gasteiger charge is -2.51. The van der Waals surface area contributed by atoms with Crippen LogP contribution in [0.25, 0.3) is 0 Å². The second-order valence-electron chi connectivity index (χ2n) is 7.89. The Kier molecular flexibility index (Phi) is 4.10. The molecule has 25 heavy (non-hydrogen) atoms. The van der Waals surface area contributed by atoms with Crippen LogP contribution in [0.5, 0.6) is 0 Å². The van der Waals surface area contributed by atoms with Crippen LogP contribution in [-0.2, 0) is 14.4 Å². The molecular weight excluding hydrogens is 316 g/mol. The summed E-state index contributed by atoms with van der Waals surface area (Å²) in [5.41, 5.74) is 2.58. The summed E-state index contributed by atoms with van der Waals surface area (Å²) >= 11 is 0. The normalized spacial score (nSPS) is 26.2. The molecule has 2 amide bonds. The van der Waals surface area contributed by atoms with Gasteiger partial charge in [-0.3, -0.25) is 14.9 Å². The Hall–Kier alpha value is -2.17. The number of anilines is 1. The maximum absolute atomic E-state index is 12.0. The molecular formula is C20H24N2O3. The Morgan fingerprint density at radius 2 is 1.76 bits per heavy atom. The number of rotatable bonds is 3. The summed E-state index contributed by atoms with van der Waals surface area (Å²) in [6.07, 6.45) is 6.57. The van der Waals surface area contributed by atoms with Crippen LogP contribution in [0.3, 0.4) is 0 Å². The van der Waals surface area contributed by atoms with Crippen LogP contribution >= 0.6 is 0 Å². The van der Waals surface area contributed by atoms with Gasteiger partial charge in [0.05, 0.1) is 5.92 Å². The van der Waals surface area contributed by atoms with Crippen LogP contribution in [0.1, 0.15) is 50.0 Å². The van der Waals surface area contributed by atoms with Crippen molar-refractivity contribution in [2.75, 3.05) is 18.0 Å². The van der Waals surface area contributed by atoms with Gasteiger partial charge in [0.1, 0.15) is 6.29 Å². The van der Waals surface area contributed by atoms with Gasteiger partial charge in [-0.2, -0.15) is 0 Å². The number of aldehydes is 1. The van der Waals surface area contributed by atoms with E-state index in [2.05, 4.69) is 22.3 Å². The first-order chi connectivity index (χ1) is 12.1. The smallest absolute Gasteiger partial charge is 0.234 e. The van der Waals surface area contributed by atoms with Crippen molar-refractivity contribution in [3.63, 3.8) is 0 Å². The minimum absolute atomic E-state index is 0.173. The Morgan fingerprint density at radius 3 is 2.36 bits per heavy atom. The summed E-state index contributed by atoms with van der Waals surface area (Å²) in [4.78, 5) is 36.5. The molecule has 1 spiro atoms. The summed E-state index contributed by atoms with van der Waals surface area (Å²) in [5.74, 6) is -0.280. The SMILES string of the molecule is O=CC1CC2(CCN(c3ccc(C4CCC(=O)NC4=O)cc3)CC2)C1. The lowest BCUT2D eigenvalue weighted by Crippen LogP contribution is -2.47. The zero-order valence-corrected chi connectivity index (χ0v) is 14.4. The third-order valence-corrected chi connectivity index (χ3v) is 6.31. The van der Waals surface area contributed by atoms with Crippen molar-refractivity contribution in [1.82, 2.24) is 5.32 Å². The molecule has 1 N–H and O–H groups in total. The third kappa shape index (κ3) is 3.08. The van der Waals surface area contributed by atoms with Crippen LogP contribution in [0.2, 0.25) is 0 Å². The number of carbonyl (C=O) groups excluding carboxylic acids is 3. The molecule has 0 aromatic heterocycles. The van der Waals surface area contributed by atoms with Crippen molar-refractivity contribution in [3.8, 4) is 0 Å². The van der Waals surface area contributed by atoms with Gasteiger partial charge < -0.3 is 9.69 Å². The maximum atomic E-state index is 12.0. The monoisotopic (exact) mass is 340 g/mol.